The Morgan fingerprint density at radius 2 is 1.86 bits per heavy atom. The molecule has 0 heterocycles. The lowest BCUT2D eigenvalue weighted by Gasteiger charge is -2.03. The summed E-state index contributed by atoms with van der Waals surface area (Å²) in [5.41, 5.74) is 5.22. The number of benzene rings is 1. The summed E-state index contributed by atoms with van der Waals surface area (Å²) in [7, 11) is -3.59. The molecule has 0 bridgehead atoms. The summed E-state index contributed by atoms with van der Waals surface area (Å²) in [5, 5.41) is 0. The fraction of sp³-hybridized carbons (Fsp3) is 0.333. The minimum atomic E-state index is -3.59. The van der Waals surface area contributed by atoms with Crippen LogP contribution < -0.4 is 5.73 Å². The quantitative estimate of drug-likeness (QED) is 0.581. The fourth-order valence-corrected chi connectivity index (χ4v) is 1.87. The highest BCUT2D eigenvalue weighted by Crippen LogP contribution is 2.10. The molecule has 0 radical (unpaired) electrons. The highest BCUT2D eigenvalue weighted by Gasteiger charge is 2.13. The van der Waals surface area contributed by atoms with Crippen LogP contribution in [0.4, 0.5) is 0 Å². The molecule has 0 atom stereocenters. The van der Waals surface area contributed by atoms with Crippen molar-refractivity contribution in [1.29, 1.82) is 0 Å². The Labute approximate surface area is 83.8 Å². The molecular formula is C9H13NO3S. The minimum Gasteiger partial charge on any atom is -0.330 e. The second-order valence-electron chi connectivity index (χ2n) is 2.73. The van der Waals surface area contributed by atoms with Crippen molar-refractivity contribution in [2.45, 2.75) is 11.3 Å². The largest absolute Gasteiger partial charge is 0.330 e. The number of rotatable bonds is 5. The summed E-state index contributed by atoms with van der Waals surface area (Å²) in [6.07, 6.45) is 0.534. The summed E-state index contributed by atoms with van der Waals surface area (Å²) >= 11 is 0. The number of nitrogens with two attached hydrogens (primary N) is 1. The maximum Gasteiger partial charge on any atom is 0.296 e. The van der Waals surface area contributed by atoms with Crippen molar-refractivity contribution in [3.63, 3.8) is 0 Å². The SMILES string of the molecule is NCCCOS(=O)(=O)c1ccccc1. The molecule has 0 saturated carbocycles. The molecule has 1 aromatic carbocycles. The first-order valence-corrected chi connectivity index (χ1v) is 5.72. The third kappa shape index (κ3) is 3.10. The van der Waals surface area contributed by atoms with E-state index in [1.165, 1.54) is 12.1 Å². The molecule has 0 aliphatic carbocycles. The molecule has 0 fully saturated rings. The maximum absolute atomic E-state index is 11.4. The zero-order chi connectivity index (χ0) is 10.4. The Morgan fingerprint density at radius 1 is 1.21 bits per heavy atom. The van der Waals surface area contributed by atoms with E-state index in [0.717, 1.165) is 0 Å². The predicted octanol–water partition coefficient (Wildman–Crippen LogP) is 0.741. The molecular weight excluding hydrogens is 202 g/mol. The fourth-order valence-electron chi connectivity index (χ4n) is 0.907. The van der Waals surface area contributed by atoms with Gasteiger partial charge in [0, 0.05) is 0 Å². The average molecular weight is 215 g/mol. The first-order valence-electron chi connectivity index (χ1n) is 4.31. The van der Waals surface area contributed by atoms with E-state index >= 15 is 0 Å². The molecule has 0 unspecified atom stereocenters. The van der Waals surface area contributed by atoms with Gasteiger partial charge in [-0.05, 0) is 25.1 Å². The van der Waals surface area contributed by atoms with Crippen LogP contribution in [-0.2, 0) is 14.3 Å². The number of hydrogen-bond acceptors (Lipinski definition) is 4. The smallest absolute Gasteiger partial charge is 0.296 e. The van der Waals surface area contributed by atoms with Gasteiger partial charge < -0.3 is 5.73 Å². The van der Waals surface area contributed by atoms with E-state index < -0.39 is 10.1 Å². The van der Waals surface area contributed by atoms with E-state index in [1.807, 2.05) is 0 Å². The number of hydrogen-bond donors (Lipinski definition) is 1. The second kappa shape index (κ2) is 5.09. The lowest BCUT2D eigenvalue weighted by molar-refractivity contribution is 0.314. The van der Waals surface area contributed by atoms with E-state index in [2.05, 4.69) is 0 Å². The van der Waals surface area contributed by atoms with Gasteiger partial charge in [0.1, 0.15) is 0 Å². The molecule has 0 amide bonds. The summed E-state index contributed by atoms with van der Waals surface area (Å²) in [5.74, 6) is 0. The molecule has 0 aliphatic rings. The van der Waals surface area contributed by atoms with Gasteiger partial charge >= 0.3 is 0 Å². The predicted molar refractivity (Wildman–Crippen MR) is 53.3 cm³/mol. The van der Waals surface area contributed by atoms with Crippen molar-refractivity contribution in [2.75, 3.05) is 13.2 Å². The molecule has 1 aromatic rings. The lowest BCUT2D eigenvalue weighted by Crippen LogP contribution is -2.10. The van der Waals surface area contributed by atoms with Gasteiger partial charge in [0.05, 0.1) is 11.5 Å². The third-order valence-corrected chi connectivity index (χ3v) is 2.95. The van der Waals surface area contributed by atoms with Crippen LogP contribution in [0.5, 0.6) is 0 Å². The van der Waals surface area contributed by atoms with Crippen molar-refractivity contribution >= 4 is 10.1 Å². The van der Waals surface area contributed by atoms with Crippen molar-refractivity contribution in [2.24, 2.45) is 5.73 Å². The van der Waals surface area contributed by atoms with E-state index in [-0.39, 0.29) is 11.5 Å². The molecule has 2 N–H and O–H groups in total. The lowest BCUT2D eigenvalue weighted by atomic mass is 10.4. The van der Waals surface area contributed by atoms with Crippen LogP contribution in [0.2, 0.25) is 0 Å². The zero-order valence-electron chi connectivity index (χ0n) is 7.72. The Hall–Kier alpha value is -0.910. The van der Waals surface area contributed by atoms with E-state index in [1.54, 1.807) is 18.2 Å². The highest BCUT2D eigenvalue weighted by molar-refractivity contribution is 7.86. The van der Waals surface area contributed by atoms with Crippen LogP contribution in [0.15, 0.2) is 35.2 Å². The van der Waals surface area contributed by atoms with Crippen LogP contribution in [0.1, 0.15) is 6.42 Å². The molecule has 4 nitrogen and oxygen atoms in total. The Morgan fingerprint density at radius 3 is 2.43 bits per heavy atom. The second-order valence-corrected chi connectivity index (χ2v) is 4.35. The standard InChI is InChI=1S/C9H13NO3S/c10-7-4-8-13-14(11,12)9-5-2-1-3-6-9/h1-3,5-6H,4,7-8,10H2. The highest BCUT2D eigenvalue weighted by atomic mass is 32.2. The minimum absolute atomic E-state index is 0.133. The Kier molecular flexibility index (Phi) is 4.06. The van der Waals surface area contributed by atoms with Gasteiger partial charge in [0.15, 0.2) is 0 Å². The van der Waals surface area contributed by atoms with Crippen molar-refractivity contribution in [1.82, 2.24) is 0 Å². The molecule has 78 valence electrons. The summed E-state index contributed by atoms with van der Waals surface area (Å²) in [4.78, 5) is 0.178. The van der Waals surface area contributed by atoms with Crippen LogP contribution in [0, 0.1) is 0 Å². The third-order valence-electron chi connectivity index (χ3n) is 1.62. The van der Waals surface area contributed by atoms with E-state index in [4.69, 9.17) is 9.92 Å². The summed E-state index contributed by atoms with van der Waals surface area (Å²) in [6, 6.07) is 8.05. The van der Waals surface area contributed by atoms with Gasteiger partial charge in [-0.1, -0.05) is 18.2 Å². The molecule has 1 rings (SSSR count). The Balaban J connectivity index is 2.67. The first kappa shape index (κ1) is 11.2. The average Bonchev–Trinajstić information content (AvgIpc) is 2.19. The molecule has 0 spiro atoms. The maximum atomic E-state index is 11.4. The molecule has 0 saturated heterocycles. The van der Waals surface area contributed by atoms with Gasteiger partial charge in [0.2, 0.25) is 0 Å². The van der Waals surface area contributed by atoms with Crippen LogP contribution in [-0.4, -0.2) is 21.6 Å². The van der Waals surface area contributed by atoms with E-state index in [9.17, 15) is 8.42 Å². The van der Waals surface area contributed by atoms with Gasteiger partial charge in [-0.25, -0.2) is 0 Å². The van der Waals surface area contributed by atoms with E-state index in [0.29, 0.717) is 13.0 Å². The topological polar surface area (TPSA) is 69.4 Å². The summed E-state index contributed by atoms with van der Waals surface area (Å²) < 4.78 is 27.6. The molecule has 5 heteroatoms. The van der Waals surface area contributed by atoms with Crippen molar-refractivity contribution < 1.29 is 12.6 Å². The van der Waals surface area contributed by atoms with Crippen LogP contribution >= 0.6 is 0 Å². The van der Waals surface area contributed by atoms with Crippen molar-refractivity contribution in [3.05, 3.63) is 30.3 Å². The molecule has 14 heavy (non-hydrogen) atoms. The zero-order valence-corrected chi connectivity index (χ0v) is 8.53. The Bertz CT molecular complexity index is 361. The summed E-state index contributed by atoms with van der Waals surface area (Å²) in [6.45, 7) is 0.554. The van der Waals surface area contributed by atoms with Crippen LogP contribution in [0.25, 0.3) is 0 Å². The van der Waals surface area contributed by atoms with Gasteiger partial charge in [0.25, 0.3) is 10.1 Å². The van der Waals surface area contributed by atoms with Gasteiger partial charge in [-0.3, -0.25) is 4.18 Å². The van der Waals surface area contributed by atoms with Crippen molar-refractivity contribution in [3.8, 4) is 0 Å². The normalized spacial score (nSPS) is 11.5. The van der Waals surface area contributed by atoms with Crippen LogP contribution in [0.3, 0.4) is 0 Å². The molecule has 0 aromatic heterocycles. The first-order chi connectivity index (χ1) is 6.67. The van der Waals surface area contributed by atoms with Gasteiger partial charge in [-0.2, -0.15) is 8.42 Å². The monoisotopic (exact) mass is 215 g/mol. The van der Waals surface area contributed by atoms with Gasteiger partial charge in [-0.15, -0.1) is 0 Å². The molecule has 0 aliphatic heterocycles.